The number of benzene rings is 10. The highest BCUT2D eigenvalue weighted by atomic mass is 15.1. The summed E-state index contributed by atoms with van der Waals surface area (Å²) in [5.41, 5.74) is 26.9. The lowest BCUT2D eigenvalue weighted by molar-refractivity contribution is 0.353. The zero-order chi connectivity index (χ0) is 46.8. The van der Waals surface area contributed by atoms with Gasteiger partial charge in [0.25, 0.3) is 0 Å². The molecule has 0 aliphatic heterocycles. The Morgan fingerprint density at radius 1 is 0.300 bits per heavy atom. The van der Waals surface area contributed by atoms with Gasteiger partial charge in [0, 0.05) is 27.8 Å². The number of rotatable bonds is 8. The molecule has 336 valence electrons. The van der Waals surface area contributed by atoms with Crippen LogP contribution in [0.1, 0.15) is 68.2 Å². The van der Waals surface area contributed by atoms with Crippen LogP contribution in [0.3, 0.4) is 0 Å². The van der Waals surface area contributed by atoms with E-state index >= 15 is 0 Å². The van der Waals surface area contributed by atoms with Crippen molar-refractivity contribution in [1.82, 2.24) is 0 Å². The first-order valence-electron chi connectivity index (χ1n) is 25.3. The molecule has 1 saturated carbocycles. The summed E-state index contributed by atoms with van der Waals surface area (Å²) in [5, 5.41) is 0. The lowest BCUT2D eigenvalue weighted by Gasteiger charge is -2.37. The summed E-state index contributed by atoms with van der Waals surface area (Å²) >= 11 is 0. The van der Waals surface area contributed by atoms with Crippen molar-refractivity contribution in [3.05, 3.63) is 259 Å². The summed E-state index contributed by atoms with van der Waals surface area (Å²) in [6.45, 7) is 4.78. The Morgan fingerprint density at radius 2 is 0.757 bits per heavy atom. The third-order valence-corrected chi connectivity index (χ3v) is 16.1. The summed E-state index contributed by atoms with van der Waals surface area (Å²) in [4.78, 5) is 2.53. The van der Waals surface area contributed by atoms with Gasteiger partial charge < -0.3 is 4.90 Å². The summed E-state index contributed by atoms with van der Waals surface area (Å²) in [6.07, 6.45) is 6.20. The molecule has 0 aromatic heterocycles. The van der Waals surface area contributed by atoms with Crippen molar-refractivity contribution in [3.8, 4) is 77.9 Å². The van der Waals surface area contributed by atoms with Crippen LogP contribution in [0.5, 0.6) is 0 Å². The molecule has 10 aromatic rings. The number of para-hydroxylation sites is 1. The number of hydrogen-bond donors (Lipinski definition) is 0. The van der Waals surface area contributed by atoms with E-state index in [-0.39, 0.29) is 10.8 Å². The van der Waals surface area contributed by atoms with Crippen molar-refractivity contribution in [1.29, 1.82) is 0 Å². The molecule has 0 saturated heterocycles. The van der Waals surface area contributed by atoms with Crippen LogP contribution >= 0.6 is 0 Å². The number of anilines is 3. The summed E-state index contributed by atoms with van der Waals surface area (Å²) in [5.74, 6) is 0. The molecule has 0 amide bonds. The lowest BCUT2D eigenvalue weighted by atomic mass is 9.68. The highest BCUT2D eigenvalue weighted by molar-refractivity contribution is 5.95. The van der Waals surface area contributed by atoms with Crippen LogP contribution in [0, 0.1) is 0 Å². The van der Waals surface area contributed by atoms with Crippen molar-refractivity contribution in [2.24, 2.45) is 0 Å². The van der Waals surface area contributed by atoms with Crippen molar-refractivity contribution < 1.29 is 0 Å². The molecule has 10 aromatic carbocycles. The Morgan fingerprint density at radius 3 is 1.47 bits per heavy atom. The minimum atomic E-state index is -0.119. The van der Waals surface area contributed by atoms with Crippen LogP contribution in [0.15, 0.2) is 237 Å². The van der Waals surface area contributed by atoms with E-state index in [1.54, 1.807) is 0 Å². The van der Waals surface area contributed by atoms with Crippen molar-refractivity contribution >= 4 is 17.1 Å². The molecule has 0 atom stereocenters. The van der Waals surface area contributed by atoms with Gasteiger partial charge in [-0.15, -0.1) is 0 Å². The molecule has 3 aliphatic carbocycles. The first-order valence-corrected chi connectivity index (χ1v) is 25.3. The smallest absolute Gasteiger partial charge is 0.0540 e. The van der Waals surface area contributed by atoms with E-state index in [1.807, 2.05) is 0 Å². The van der Waals surface area contributed by atoms with E-state index in [4.69, 9.17) is 0 Å². The third-order valence-electron chi connectivity index (χ3n) is 16.1. The van der Waals surface area contributed by atoms with Gasteiger partial charge in [0.05, 0.1) is 5.69 Å². The van der Waals surface area contributed by atoms with Crippen LogP contribution in [0.25, 0.3) is 77.9 Å². The third kappa shape index (κ3) is 6.74. The molecule has 0 radical (unpaired) electrons. The lowest BCUT2D eigenvalue weighted by Crippen LogP contribution is -2.28. The average Bonchev–Trinajstić information content (AvgIpc) is 3.83. The molecule has 0 heterocycles. The van der Waals surface area contributed by atoms with Gasteiger partial charge in [0.2, 0.25) is 0 Å². The fraction of sp³-hybridized carbons (Fsp3) is 0.130. The zero-order valence-electron chi connectivity index (χ0n) is 40.0. The Labute approximate surface area is 413 Å². The van der Waals surface area contributed by atoms with Gasteiger partial charge in [-0.3, -0.25) is 0 Å². The van der Waals surface area contributed by atoms with Crippen molar-refractivity contribution in [2.75, 3.05) is 4.90 Å². The quantitative estimate of drug-likeness (QED) is 0.147. The second-order valence-corrected chi connectivity index (χ2v) is 20.3. The van der Waals surface area contributed by atoms with E-state index in [9.17, 15) is 0 Å². The van der Waals surface area contributed by atoms with Crippen LogP contribution < -0.4 is 4.90 Å². The molecule has 0 N–H and O–H groups in total. The average molecular weight is 898 g/mol. The second kappa shape index (κ2) is 16.9. The molecular formula is C69H55N. The Hall–Kier alpha value is -8.00. The van der Waals surface area contributed by atoms with Crippen LogP contribution in [-0.2, 0) is 10.8 Å². The second-order valence-electron chi connectivity index (χ2n) is 20.3. The normalized spacial score (nSPS) is 14.7. The predicted octanol–water partition coefficient (Wildman–Crippen LogP) is 19.0. The van der Waals surface area contributed by atoms with E-state index < -0.39 is 0 Å². The van der Waals surface area contributed by atoms with E-state index in [2.05, 4.69) is 255 Å². The molecule has 1 nitrogen and oxygen atoms in total. The van der Waals surface area contributed by atoms with Crippen molar-refractivity contribution in [3.63, 3.8) is 0 Å². The SMILES string of the molecule is CC1(C)c2ccccc2-c2cccc(-c3ccccc3-c3ccc(N(c4ccc5c(c4)C4(CCCCC4)c4ccccc4-5)c4ccccc4-c4cccc(-c5ccccc5-c5ccccc5)c4)cc3)c21. The molecule has 1 heteroatoms. The Balaban J connectivity index is 0.958. The summed E-state index contributed by atoms with van der Waals surface area (Å²) < 4.78 is 0. The van der Waals surface area contributed by atoms with Crippen molar-refractivity contribution in [2.45, 2.75) is 56.8 Å². The summed E-state index contributed by atoms with van der Waals surface area (Å²) in [7, 11) is 0. The number of nitrogens with zero attached hydrogens (tertiary/aromatic N) is 1. The molecule has 3 aliphatic rings. The van der Waals surface area contributed by atoms with Gasteiger partial charge in [0.1, 0.15) is 0 Å². The van der Waals surface area contributed by atoms with Crippen LogP contribution in [0.4, 0.5) is 17.1 Å². The molecule has 1 fully saturated rings. The van der Waals surface area contributed by atoms with Crippen LogP contribution in [0.2, 0.25) is 0 Å². The fourth-order valence-electron chi connectivity index (χ4n) is 12.9. The minimum Gasteiger partial charge on any atom is -0.310 e. The topological polar surface area (TPSA) is 3.24 Å². The van der Waals surface area contributed by atoms with Crippen LogP contribution in [-0.4, -0.2) is 0 Å². The maximum Gasteiger partial charge on any atom is 0.0540 e. The molecule has 13 rings (SSSR count). The molecule has 1 spiro atoms. The largest absolute Gasteiger partial charge is 0.310 e. The van der Waals surface area contributed by atoms with Gasteiger partial charge in [-0.05, 0) is 144 Å². The first kappa shape index (κ1) is 42.1. The number of hydrogen-bond acceptors (Lipinski definition) is 1. The number of fused-ring (bicyclic) bond motifs is 8. The van der Waals surface area contributed by atoms with E-state index in [0.717, 1.165) is 11.4 Å². The highest BCUT2D eigenvalue weighted by Crippen LogP contribution is 2.58. The summed E-state index contributed by atoms with van der Waals surface area (Å²) in [6, 6.07) is 88.6. The highest BCUT2D eigenvalue weighted by Gasteiger charge is 2.44. The Bertz CT molecular complexity index is 3610. The van der Waals surface area contributed by atoms with E-state index in [1.165, 1.54) is 138 Å². The maximum absolute atomic E-state index is 2.56. The minimum absolute atomic E-state index is 0.0347. The van der Waals surface area contributed by atoms with Gasteiger partial charge in [-0.1, -0.05) is 233 Å². The maximum atomic E-state index is 2.56. The van der Waals surface area contributed by atoms with Gasteiger partial charge in [-0.25, -0.2) is 0 Å². The predicted molar refractivity (Wildman–Crippen MR) is 295 cm³/mol. The molecule has 0 unspecified atom stereocenters. The first-order chi connectivity index (χ1) is 34.5. The van der Waals surface area contributed by atoms with Gasteiger partial charge in [-0.2, -0.15) is 0 Å². The molecular weight excluding hydrogens is 843 g/mol. The molecule has 70 heavy (non-hydrogen) atoms. The fourth-order valence-corrected chi connectivity index (χ4v) is 12.9. The monoisotopic (exact) mass is 897 g/mol. The Kier molecular flexibility index (Phi) is 10.2. The van der Waals surface area contributed by atoms with Gasteiger partial charge >= 0.3 is 0 Å². The van der Waals surface area contributed by atoms with Gasteiger partial charge in [0.15, 0.2) is 0 Å². The molecule has 0 bridgehead atoms. The standard InChI is InChI=1S/C69H55N/c1-68(2)63-34-14-11-31-59(63)62-33-20-32-61(67(62)68)57-29-10-9-26-54(57)48-37-39-51(40-38-48)70(52-41-42-60-58-30-12-15-35-64(58)69(65(60)46-52)43-17-4-18-44-69)66-36-16-13-28-56(66)50-24-19-23-49(45-50)55-27-8-7-25-53(55)47-21-5-3-6-22-47/h3,5-16,19-42,45-46H,4,17-18,43-44H2,1-2H3. The zero-order valence-corrected chi connectivity index (χ0v) is 40.0. The van der Waals surface area contributed by atoms with E-state index in [0.29, 0.717) is 0 Å².